The number of hydrogen-bond donors (Lipinski definition) is 0. The number of rotatable bonds is 9. The zero-order valence-electron chi connectivity index (χ0n) is 15.2. The molecule has 0 unspecified atom stereocenters. The zero-order valence-corrected chi connectivity index (χ0v) is 17.6. The molecule has 0 saturated heterocycles. The molecular weight excluding hydrogens is 434 g/mol. The number of anilines is 1. The van der Waals surface area contributed by atoms with Gasteiger partial charge < -0.3 is 9.47 Å². The van der Waals surface area contributed by atoms with E-state index in [1.165, 1.54) is 12.1 Å². The van der Waals surface area contributed by atoms with Gasteiger partial charge in [-0.15, -0.1) is 0 Å². The highest BCUT2D eigenvalue weighted by Gasteiger charge is 2.27. The van der Waals surface area contributed by atoms with Crippen LogP contribution in [0, 0.1) is 0 Å². The summed E-state index contributed by atoms with van der Waals surface area (Å²) in [6, 6.07) is 12.8. The van der Waals surface area contributed by atoms with E-state index in [1.54, 1.807) is 43.3 Å². The summed E-state index contributed by atoms with van der Waals surface area (Å²) in [5, 5.41) is 0. The minimum absolute atomic E-state index is 0.0845. The summed E-state index contributed by atoms with van der Waals surface area (Å²) in [6.45, 7) is 4.00. The van der Waals surface area contributed by atoms with E-state index in [-0.39, 0.29) is 11.5 Å². The van der Waals surface area contributed by atoms with Crippen molar-refractivity contribution in [3.8, 4) is 5.75 Å². The standard InChI is InChI=1S/C19H22BrNO5S/c1-3-13-26-17-9-7-16(8-10-17)21(14-19(22)25-4-2)27(23,24)18-11-5-15(20)6-12-18/h5-12H,3-4,13-14H2,1-2H3. The van der Waals surface area contributed by atoms with Gasteiger partial charge in [-0.05, 0) is 61.9 Å². The van der Waals surface area contributed by atoms with Crippen LogP contribution in [-0.2, 0) is 19.6 Å². The third-order valence-electron chi connectivity index (χ3n) is 3.58. The molecule has 0 aliphatic heterocycles. The second kappa shape index (κ2) is 9.75. The van der Waals surface area contributed by atoms with Gasteiger partial charge in [-0.25, -0.2) is 8.42 Å². The fraction of sp³-hybridized carbons (Fsp3) is 0.316. The Labute approximate surface area is 168 Å². The van der Waals surface area contributed by atoms with E-state index in [0.717, 1.165) is 15.2 Å². The van der Waals surface area contributed by atoms with Crippen LogP contribution >= 0.6 is 15.9 Å². The number of sulfonamides is 1. The van der Waals surface area contributed by atoms with Crippen LogP contribution < -0.4 is 9.04 Å². The van der Waals surface area contributed by atoms with Gasteiger partial charge in [0, 0.05) is 4.47 Å². The Kier molecular flexibility index (Phi) is 7.67. The first-order chi connectivity index (χ1) is 12.9. The van der Waals surface area contributed by atoms with Gasteiger partial charge in [0.2, 0.25) is 0 Å². The second-order valence-electron chi connectivity index (χ2n) is 5.61. The fourth-order valence-corrected chi connectivity index (χ4v) is 3.97. The average Bonchev–Trinajstić information content (AvgIpc) is 2.65. The molecule has 0 heterocycles. The number of carbonyl (C=O) groups is 1. The SMILES string of the molecule is CCCOc1ccc(N(CC(=O)OCC)S(=O)(=O)c2ccc(Br)cc2)cc1. The van der Waals surface area contributed by atoms with Crippen molar-refractivity contribution < 1.29 is 22.7 Å². The molecule has 0 fully saturated rings. The maximum absolute atomic E-state index is 13.1. The van der Waals surface area contributed by atoms with E-state index < -0.39 is 22.5 Å². The molecule has 6 nitrogen and oxygen atoms in total. The van der Waals surface area contributed by atoms with Gasteiger partial charge in [0.25, 0.3) is 10.0 Å². The Morgan fingerprint density at radius 2 is 1.67 bits per heavy atom. The number of esters is 1. The van der Waals surface area contributed by atoms with Gasteiger partial charge in [-0.2, -0.15) is 0 Å². The third-order valence-corrected chi connectivity index (χ3v) is 5.89. The van der Waals surface area contributed by atoms with Crippen LogP contribution in [0.15, 0.2) is 57.9 Å². The number of carbonyl (C=O) groups excluding carboxylic acids is 1. The summed E-state index contributed by atoms with van der Waals surface area (Å²) in [4.78, 5) is 12.1. The molecule has 0 atom stereocenters. The van der Waals surface area contributed by atoms with Crippen molar-refractivity contribution >= 4 is 37.6 Å². The van der Waals surface area contributed by atoms with Gasteiger partial charge in [0.15, 0.2) is 0 Å². The van der Waals surface area contributed by atoms with Gasteiger partial charge in [0.1, 0.15) is 12.3 Å². The number of nitrogens with zero attached hydrogens (tertiary/aromatic N) is 1. The summed E-state index contributed by atoms with van der Waals surface area (Å²) in [7, 11) is -3.94. The van der Waals surface area contributed by atoms with Crippen LogP contribution in [-0.4, -0.2) is 34.1 Å². The minimum Gasteiger partial charge on any atom is -0.494 e. The summed E-state index contributed by atoms with van der Waals surface area (Å²) in [5.41, 5.74) is 0.356. The minimum atomic E-state index is -3.94. The Bertz CT molecular complexity index is 851. The normalized spacial score (nSPS) is 11.1. The highest BCUT2D eigenvalue weighted by molar-refractivity contribution is 9.10. The average molecular weight is 456 g/mol. The summed E-state index contributed by atoms with van der Waals surface area (Å²) >= 11 is 3.29. The lowest BCUT2D eigenvalue weighted by Crippen LogP contribution is -2.36. The smallest absolute Gasteiger partial charge is 0.326 e. The van der Waals surface area contributed by atoms with E-state index >= 15 is 0 Å². The van der Waals surface area contributed by atoms with Crippen LogP contribution in [0.4, 0.5) is 5.69 Å². The van der Waals surface area contributed by atoms with Gasteiger partial charge in [-0.1, -0.05) is 22.9 Å². The fourth-order valence-electron chi connectivity index (χ4n) is 2.30. The largest absolute Gasteiger partial charge is 0.494 e. The molecule has 2 aromatic rings. The van der Waals surface area contributed by atoms with Crippen molar-refractivity contribution in [2.45, 2.75) is 25.2 Å². The molecule has 146 valence electrons. The lowest BCUT2D eigenvalue weighted by molar-refractivity contribution is -0.141. The van der Waals surface area contributed by atoms with E-state index in [0.29, 0.717) is 18.0 Å². The van der Waals surface area contributed by atoms with E-state index in [9.17, 15) is 13.2 Å². The van der Waals surface area contributed by atoms with Crippen molar-refractivity contribution in [3.05, 3.63) is 53.0 Å². The number of ether oxygens (including phenoxy) is 2. The van der Waals surface area contributed by atoms with Gasteiger partial charge in [0.05, 0.1) is 23.8 Å². The monoisotopic (exact) mass is 455 g/mol. The van der Waals surface area contributed by atoms with Gasteiger partial charge in [-0.3, -0.25) is 9.10 Å². The maximum Gasteiger partial charge on any atom is 0.326 e. The van der Waals surface area contributed by atoms with Crippen molar-refractivity contribution in [3.63, 3.8) is 0 Å². The van der Waals surface area contributed by atoms with Crippen molar-refractivity contribution in [1.29, 1.82) is 0 Å². The quantitative estimate of drug-likeness (QED) is 0.534. The first-order valence-corrected chi connectivity index (χ1v) is 10.8. The molecule has 27 heavy (non-hydrogen) atoms. The summed E-state index contributed by atoms with van der Waals surface area (Å²) < 4.78 is 38.5. The highest BCUT2D eigenvalue weighted by atomic mass is 79.9. The van der Waals surface area contributed by atoms with Crippen LogP contribution in [0.1, 0.15) is 20.3 Å². The second-order valence-corrected chi connectivity index (χ2v) is 8.39. The van der Waals surface area contributed by atoms with E-state index in [1.807, 2.05) is 6.92 Å². The molecule has 0 spiro atoms. The molecule has 2 rings (SSSR count). The first kappa shape index (κ1) is 21.2. The Hall–Kier alpha value is -2.06. The Balaban J connectivity index is 2.38. The van der Waals surface area contributed by atoms with E-state index in [2.05, 4.69) is 15.9 Å². The summed E-state index contributed by atoms with van der Waals surface area (Å²) in [5.74, 6) is 0.0159. The molecular formula is C19H22BrNO5S. The lowest BCUT2D eigenvalue weighted by Gasteiger charge is -2.24. The maximum atomic E-state index is 13.1. The molecule has 8 heteroatoms. The number of halogens is 1. The van der Waals surface area contributed by atoms with E-state index in [4.69, 9.17) is 9.47 Å². The molecule has 0 aliphatic rings. The molecule has 0 N–H and O–H groups in total. The highest BCUT2D eigenvalue weighted by Crippen LogP contribution is 2.26. The Morgan fingerprint density at radius 1 is 1.04 bits per heavy atom. The summed E-state index contributed by atoms with van der Waals surface area (Å²) in [6.07, 6.45) is 0.870. The van der Waals surface area contributed by atoms with Crippen molar-refractivity contribution in [1.82, 2.24) is 0 Å². The van der Waals surface area contributed by atoms with Crippen molar-refractivity contribution in [2.24, 2.45) is 0 Å². The molecule has 0 amide bonds. The predicted octanol–water partition coefficient (Wildman–Crippen LogP) is 4.00. The molecule has 0 bridgehead atoms. The number of benzene rings is 2. The van der Waals surface area contributed by atoms with Crippen molar-refractivity contribution in [2.75, 3.05) is 24.1 Å². The lowest BCUT2D eigenvalue weighted by atomic mass is 10.3. The molecule has 0 aliphatic carbocycles. The molecule has 2 aromatic carbocycles. The Morgan fingerprint density at radius 3 is 2.22 bits per heavy atom. The molecule has 0 radical (unpaired) electrons. The van der Waals surface area contributed by atoms with Crippen LogP contribution in [0.2, 0.25) is 0 Å². The first-order valence-electron chi connectivity index (χ1n) is 8.55. The predicted molar refractivity (Wildman–Crippen MR) is 108 cm³/mol. The molecule has 0 saturated carbocycles. The zero-order chi connectivity index (χ0) is 19.9. The van der Waals surface area contributed by atoms with Crippen LogP contribution in [0.5, 0.6) is 5.75 Å². The van der Waals surface area contributed by atoms with Crippen LogP contribution in [0.25, 0.3) is 0 Å². The van der Waals surface area contributed by atoms with Crippen LogP contribution in [0.3, 0.4) is 0 Å². The third kappa shape index (κ3) is 5.71. The van der Waals surface area contributed by atoms with Gasteiger partial charge >= 0.3 is 5.97 Å². The number of hydrogen-bond acceptors (Lipinski definition) is 5. The topological polar surface area (TPSA) is 72.9 Å². The molecule has 0 aromatic heterocycles.